The first-order chi connectivity index (χ1) is 9.56. The summed E-state index contributed by atoms with van der Waals surface area (Å²) < 4.78 is 0. The van der Waals surface area contributed by atoms with Crippen molar-refractivity contribution in [2.75, 3.05) is 5.32 Å². The molecule has 0 radical (unpaired) electrons. The van der Waals surface area contributed by atoms with Gasteiger partial charge in [0.2, 0.25) is 0 Å². The number of anilines is 1. The number of rotatable bonds is 5. The molecule has 0 saturated heterocycles. The summed E-state index contributed by atoms with van der Waals surface area (Å²) in [7, 11) is 0. The first-order valence-corrected chi connectivity index (χ1v) is 5.64. The highest BCUT2D eigenvalue weighted by atomic mass is 16.6. The fraction of sp³-hybridized carbons (Fsp3) is 0.0833. The minimum absolute atomic E-state index is 0.0159. The second kappa shape index (κ2) is 5.74. The number of aromatic nitrogens is 1. The van der Waals surface area contributed by atoms with Crippen molar-refractivity contribution in [2.24, 2.45) is 0 Å². The molecule has 0 aliphatic heterocycles. The molecule has 0 fully saturated rings. The molecule has 8 heteroatoms. The third-order valence-electron chi connectivity index (χ3n) is 2.58. The molecule has 0 saturated carbocycles. The van der Waals surface area contributed by atoms with E-state index in [1.807, 2.05) is 0 Å². The van der Waals surface area contributed by atoms with Crippen LogP contribution in [-0.2, 0) is 6.54 Å². The lowest BCUT2D eigenvalue weighted by Crippen LogP contribution is -2.02. The zero-order chi connectivity index (χ0) is 14.5. The fourth-order valence-corrected chi connectivity index (χ4v) is 1.56. The first kappa shape index (κ1) is 13.4. The Bertz CT molecular complexity index is 642. The minimum Gasteiger partial charge on any atom is -0.366 e. The van der Waals surface area contributed by atoms with Gasteiger partial charge in [-0.3, -0.25) is 20.2 Å². The van der Waals surface area contributed by atoms with Gasteiger partial charge < -0.3 is 5.32 Å². The lowest BCUT2D eigenvalue weighted by molar-refractivity contribution is -0.385. The van der Waals surface area contributed by atoms with Crippen LogP contribution in [0.15, 0.2) is 42.6 Å². The lowest BCUT2D eigenvalue weighted by Gasteiger charge is -2.05. The van der Waals surface area contributed by atoms with Crippen LogP contribution in [0.4, 0.5) is 17.2 Å². The summed E-state index contributed by atoms with van der Waals surface area (Å²) in [6, 6.07) is 8.66. The number of nitro groups is 2. The molecule has 1 N–H and O–H groups in total. The van der Waals surface area contributed by atoms with E-state index in [0.29, 0.717) is 12.4 Å². The van der Waals surface area contributed by atoms with Gasteiger partial charge >= 0.3 is 0 Å². The van der Waals surface area contributed by atoms with Gasteiger partial charge in [-0.15, -0.1) is 0 Å². The monoisotopic (exact) mass is 274 g/mol. The van der Waals surface area contributed by atoms with Gasteiger partial charge in [-0.2, -0.15) is 0 Å². The van der Waals surface area contributed by atoms with E-state index in [-0.39, 0.29) is 11.4 Å². The van der Waals surface area contributed by atoms with E-state index in [9.17, 15) is 20.2 Å². The van der Waals surface area contributed by atoms with Crippen LogP contribution in [0.3, 0.4) is 0 Å². The molecule has 0 amide bonds. The van der Waals surface area contributed by atoms with Gasteiger partial charge in [-0.1, -0.05) is 12.1 Å². The van der Waals surface area contributed by atoms with E-state index in [4.69, 9.17) is 0 Å². The Labute approximate surface area is 113 Å². The maximum absolute atomic E-state index is 10.6. The normalized spacial score (nSPS) is 10.0. The van der Waals surface area contributed by atoms with Crippen LogP contribution < -0.4 is 5.32 Å². The van der Waals surface area contributed by atoms with Crippen molar-refractivity contribution in [3.8, 4) is 0 Å². The van der Waals surface area contributed by atoms with Crippen LogP contribution in [0.25, 0.3) is 0 Å². The van der Waals surface area contributed by atoms with Crippen LogP contribution in [0, 0.1) is 20.2 Å². The van der Waals surface area contributed by atoms with Crippen LogP contribution in [0.1, 0.15) is 5.56 Å². The Morgan fingerprint density at radius 1 is 1.00 bits per heavy atom. The van der Waals surface area contributed by atoms with Crippen molar-refractivity contribution in [1.29, 1.82) is 0 Å². The largest absolute Gasteiger partial charge is 0.366 e. The van der Waals surface area contributed by atoms with E-state index in [0.717, 1.165) is 5.56 Å². The second-order valence-electron chi connectivity index (χ2n) is 3.93. The standard InChI is InChI=1S/C12H10N4O4/c17-15(18)10-3-1-9(2-4-10)8-14-12-7-11(16(19)20)5-6-13-12/h1-7H,8H2,(H,13,14). The van der Waals surface area contributed by atoms with E-state index in [2.05, 4.69) is 10.3 Å². The minimum atomic E-state index is -0.501. The summed E-state index contributed by atoms with van der Waals surface area (Å²) in [5, 5.41) is 24.0. The third-order valence-corrected chi connectivity index (χ3v) is 2.58. The number of nitrogens with zero attached hydrogens (tertiary/aromatic N) is 3. The van der Waals surface area contributed by atoms with Crippen LogP contribution >= 0.6 is 0 Å². The van der Waals surface area contributed by atoms with Crippen molar-refractivity contribution in [1.82, 2.24) is 4.98 Å². The molecule has 0 bridgehead atoms. The molecule has 2 rings (SSSR count). The van der Waals surface area contributed by atoms with Crippen molar-refractivity contribution in [2.45, 2.75) is 6.54 Å². The zero-order valence-electron chi connectivity index (χ0n) is 10.2. The summed E-state index contributed by atoms with van der Waals surface area (Å²) in [6.45, 7) is 0.367. The molecule has 0 unspecified atom stereocenters. The second-order valence-corrected chi connectivity index (χ2v) is 3.93. The molecule has 0 spiro atoms. The molecule has 102 valence electrons. The summed E-state index contributed by atoms with van der Waals surface area (Å²) in [6.07, 6.45) is 1.34. The number of benzene rings is 1. The smallest absolute Gasteiger partial charge is 0.274 e. The predicted molar refractivity (Wildman–Crippen MR) is 71.3 cm³/mol. The fourth-order valence-electron chi connectivity index (χ4n) is 1.56. The van der Waals surface area contributed by atoms with Crippen molar-refractivity contribution < 1.29 is 9.85 Å². The highest BCUT2D eigenvalue weighted by Gasteiger charge is 2.07. The number of nitro benzene ring substituents is 1. The van der Waals surface area contributed by atoms with Gasteiger partial charge in [0.1, 0.15) is 5.82 Å². The Balaban J connectivity index is 2.03. The Morgan fingerprint density at radius 2 is 1.65 bits per heavy atom. The van der Waals surface area contributed by atoms with E-state index in [1.165, 1.54) is 30.5 Å². The van der Waals surface area contributed by atoms with E-state index in [1.54, 1.807) is 12.1 Å². The molecule has 2 aromatic rings. The van der Waals surface area contributed by atoms with Gasteiger partial charge in [-0.05, 0) is 5.56 Å². The average Bonchev–Trinajstić information content (AvgIpc) is 2.46. The summed E-state index contributed by atoms with van der Waals surface area (Å²) in [4.78, 5) is 24.1. The van der Waals surface area contributed by atoms with Gasteiger partial charge in [0.05, 0.1) is 15.9 Å². The maximum atomic E-state index is 10.6. The van der Waals surface area contributed by atoms with E-state index < -0.39 is 9.85 Å². The highest BCUT2D eigenvalue weighted by Crippen LogP contribution is 2.16. The van der Waals surface area contributed by atoms with Gasteiger partial charge in [-0.25, -0.2) is 4.98 Å². The highest BCUT2D eigenvalue weighted by molar-refractivity contribution is 5.45. The average molecular weight is 274 g/mol. The number of non-ortho nitro benzene ring substituents is 1. The topological polar surface area (TPSA) is 111 Å². The molecule has 20 heavy (non-hydrogen) atoms. The molecule has 0 aliphatic rings. The van der Waals surface area contributed by atoms with Crippen molar-refractivity contribution in [3.05, 3.63) is 68.4 Å². The maximum Gasteiger partial charge on any atom is 0.274 e. The van der Waals surface area contributed by atoms with Gasteiger partial charge in [0, 0.05) is 30.9 Å². The molecular formula is C12H10N4O4. The van der Waals surface area contributed by atoms with Crippen LogP contribution in [-0.4, -0.2) is 14.8 Å². The van der Waals surface area contributed by atoms with E-state index >= 15 is 0 Å². The molecule has 1 aromatic heterocycles. The molecule has 8 nitrogen and oxygen atoms in total. The van der Waals surface area contributed by atoms with Crippen LogP contribution in [0.2, 0.25) is 0 Å². The molecular weight excluding hydrogens is 264 g/mol. The summed E-state index contributed by atoms with van der Waals surface area (Å²) >= 11 is 0. The number of pyridine rings is 1. The predicted octanol–water partition coefficient (Wildman–Crippen LogP) is 2.51. The lowest BCUT2D eigenvalue weighted by atomic mass is 10.2. The number of nitrogens with one attached hydrogen (secondary N) is 1. The number of hydrogen-bond donors (Lipinski definition) is 1. The van der Waals surface area contributed by atoms with Gasteiger partial charge in [0.15, 0.2) is 0 Å². The van der Waals surface area contributed by atoms with Gasteiger partial charge in [0.25, 0.3) is 11.4 Å². The number of hydrogen-bond acceptors (Lipinski definition) is 6. The Morgan fingerprint density at radius 3 is 2.25 bits per heavy atom. The Hall–Kier alpha value is -3.03. The molecule has 1 heterocycles. The van der Waals surface area contributed by atoms with Crippen molar-refractivity contribution in [3.63, 3.8) is 0 Å². The molecule has 0 atom stereocenters. The Kier molecular flexibility index (Phi) is 3.85. The first-order valence-electron chi connectivity index (χ1n) is 5.64. The quantitative estimate of drug-likeness (QED) is 0.662. The van der Waals surface area contributed by atoms with Crippen LogP contribution in [0.5, 0.6) is 0 Å². The summed E-state index contributed by atoms with van der Waals surface area (Å²) in [5.41, 5.74) is 0.775. The molecule has 0 aliphatic carbocycles. The summed E-state index contributed by atoms with van der Waals surface area (Å²) in [5.74, 6) is 0.373. The van der Waals surface area contributed by atoms with Crippen molar-refractivity contribution >= 4 is 17.2 Å². The zero-order valence-corrected chi connectivity index (χ0v) is 10.2. The third kappa shape index (κ3) is 3.25. The molecule has 1 aromatic carbocycles. The SMILES string of the molecule is O=[N+]([O-])c1ccc(CNc2cc([N+](=O)[O-])ccn2)cc1.